The van der Waals surface area contributed by atoms with Gasteiger partial charge in [-0.05, 0) is 78.8 Å². The Bertz CT molecular complexity index is 1360. The molecule has 178 valence electrons. The molecule has 2 saturated carbocycles. The van der Waals surface area contributed by atoms with Crippen molar-refractivity contribution in [3.63, 3.8) is 0 Å². The number of nitrogens with one attached hydrogen (secondary N) is 1. The van der Waals surface area contributed by atoms with Gasteiger partial charge in [-0.1, -0.05) is 35.9 Å². The van der Waals surface area contributed by atoms with Crippen molar-refractivity contribution >= 4 is 29.2 Å². The summed E-state index contributed by atoms with van der Waals surface area (Å²) in [6, 6.07) is 17.0. The van der Waals surface area contributed by atoms with Crippen LogP contribution in [0.3, 0.4) is 0 Å². The maximum Gasteiger partial charge on any atom is 0.335 e. The molecule has 0 bridgehead atoms. The van der Waals surface area contributed by atoms with Gasteiger partial charge in [0, 0.05) is 23.5 Å². The Morgan fingerprint density at radius 1 is 1.03 bits per heavy atom. The minimum absolute atomic E-state index is 0.0509. The van der Waals surface area contributed by atoms with Crippen LogP contribution in [0.25, 0.3) is 0 Å². The number of carbonyl (C=O) groups is 2. The smallest absolute Gasteiger partial charge is 0.335 e. The van der Waals surface area contributed by atoms with Gasteiger partial charge in [-0.3, -0.25) is 4.79 Å². The Morgan fingerprint density at radius 3 is 2.43 bits per heavy atom. The van der Waals surface area contributed by atoms with Crippen molar-refractivity contribution in [1.82, 2.24) is 5.32 Å². The SMILES string of the molecule is O=C(O)c1ccc(C2(NC(=O)c3cccc4c3N(Cc3cc(F)ccc3Cl)CC43CC3)CC2)cc1. The number of hydrogen-bond acceptors (Lipinski definition) is 3. The van der Waals surface area contributed by atoms with Gasteiger partial charge in [0.2, 0.25) is 0 Å². The van der Waals surface area contributed by atoms with Crippen LogP contribution in [0.5, 0.6) is 0 Å². The van der Waals surface area contributed by atoms with Gasteiger partial charge in [-0.2, -0.15) is 0 Å². The molecular formula is C28H24ClFN2O3. The molecule has 1 amide bonds. The van der Waals surface area contributed by atoms with Gasteiger partial charge in [0.15, 0.2) is 0 Å². The number of anilines is 1. The first-order chi connectivity index (χ1) is 16.8. The van der Waals surface area contributed by atoms with E-state index in [4.69, 9.17) is 11.6 Å². The molecule has 0 radical (unpaired) electrons. The number of carbonyl (C=O) groups excluding carboxylic acids is 1. The monoisotopic (exact) mass is 490 g/mol. The molecule has 2 aliphatic carbocycles. The second-order valence-corrected chi connectivity index (χ2v) is 10.4. The molecule has 2 fully saturated rings. The molecule has 3 aromatic rings. The average Bonchev–Trinajstić information content (AvgIpc) is 3.76. The van der Waals surface area contributed by atoms with Crippen LogP contribution in [0.4, 0.5) is 10.1 Å². The summed E-state index contributed by atoms with van der Waals surface area (Å²) in [5.41, 5.74) is 4.07. The van der Waals surface area contributed by atoms with Crippen molar-refractivity contribution in [2.45, 2.75) is 43.2 Å². The summed E-state index contributed by atoms with van der Waals surface area (Å²) in [6.45, 7) is 1.21. The van der Waals surface area contributed by atoms with Gasteiger partial charge in [-0.25, -0.2) is 9.18 Å². The number of carboxylic acids is 1. The number of nitrogens with zero attached hydrogens (tertiary/aromatic N) is 1. The lowest BCUT2D eigenvalue weighted by atomic mass is 9.96. The summed E-state index contributed by atoms with van der Waals surface area (Å²) < 4.78 is 13.9. The maximum absolute atomic E-state index is 13.9. The van der Waals surface area contributed by atoms with Crippen molar-refractivity contribution in [2.24, 2.45) is 0 Å². The molecular weight excluding hydrogens is 467 g/mol. The van der Waals surface area contributed by atoms with Gasteiger partial charge in [0.1, 0.15) is 5.82 Å². The normalized spacial score (nSPS) is 18.3. The van der Waals surface area contributed by atoms with E-state index in [2.05, 4.69) is 16.3 Å². The summed E-state index contributed by atoms with van der Waals surface area (Å²) in [4.78, 5) is 27.0. The number of para-hydroxylation sites is 1. The Balaban J connectivity index is 1.32. The van der Waals surface area contributed by atoms with Gasteiger partial charge in [0.25, 0.3) is 5.91 Å². The third-order valence-corrected chi connectivity index (χ3v) is 8.04. The zero-order valence-corrected chi connectivity index (χ0v) is 19.7. The van der Waals surface area contributed by atoms with E-state index >= 15 is 0 Å². The maximum atomic E-state index is 13.9. The molecule has 0 atom stereocenters. The number of fused-ring (bicyclic) bond motifs is 2. The molecule has 0 aromatic heterocycles. The average molecular weight is 491 g/mol. The van der Waals surface area contributed by atoms with Crippen LogP contribution < -0.4 is 10.2 Å². The summed E-state index contributed by atoms with van der Waals surface area (Å²) in [6.07, 6.45) is 3.73. The minimum Gasteiger partial charge on any atom is -0.478 e. The van der Waals surface area contributed by atoms with Crippen LogP contribution in [-0.2, 0) is 17.5 Å². The quantitative estimate of drug-likeness (QED) is 0.468. The molecule has 35 heavy (non-hydrogen) atoms. The van der Waals surface area contributed by atoms with Crippen molar-refractivity contribution in [3.05, 3.63) is 99.3 Å². The Morgan fingerprint density at radius 2 is 1.77 bits per heavy atom. The zero-order chi connectivity index (χ0) is 24.4. The number of amides is 1. The number of halogens is 2. The standard InChI is InChI=1S/C28H24ClFN2O3/c29-23-9-8-20(30)14-18(23)15-32-16-27(10-11-27)22-3-1-2-21(24(22)32)25(33)31-28(12-13-28)19-6-4-17(5-7-19)26(34)35/h1-9,14H,10-13,15-16H2,(H,31,33)(H,34,35). The van der Waals surface area contributed by atoms with Crippen LogP contribution >= 0.6 is 11.6 Å². The predicted molar refractivity (Wildman–Crippen MR) is 132 cm³/mol. The minimum atomic E-state index is -0.974. The highest BCUT2D eigenvalue weighted by molar-refractivity contribution is 6.31. The molecule has 1 heterocycles. The second-order valence-electron chi connectivity index (χ2n) is 9.99. The van der Waals surface area contributed by atoms with Gasteiger partial charge < -0.3 is 15.3 Å². The Hall–Kier alpha value is -3.38. The topological polar surface area (TPSA) is 69.6 Å². The van der Waals surface area contributed by atoms with E-state index in [0.717, 1.165) is 43.5 Å². The number of benzene rings is 3. The zero-order valence-electron chi connectivity index (χ0n) is 19.0. The van der Waals surface area contributed by atoms with Gasteiger partial charge in [0.05, 0.1) is 22.4 Å². The molecule has 0 unspecified atom stereocenters. The van der Waals surface area contributed by atoms with Gasteiger partial charge >= 0.3 is 5.97 Å². The summed E-state index contributed by atoms with van der Waals surface area (Å²) >= 11 is 6.38. The van der Waals surface area contributed by atoms with E-state index < -0.39 is 11.5 Å². The fraction of sp³-hybridized carbons (Fsp3) is 0.286. The lowest BCUT2D eigenvalue weighted by Gasteiger charge is -2.24. The van der Waals surface area contributed by atoms with E-state index in [-0.39, 0.29) is 22.7 Å². The molecule has 1 spiro atoms. The molecule has 3 aliphatic rings. The van der Waals surface area contributed by atoms with Crippen molar-refractivity contribution in [1.29, 1.82) is 0 Å². The lowest BCUT2D eigenvalue weighted by Crippen LogP contribution is -2.36. The van der Waals surface area contributed by atoms with Crippen LogP contribution in [0.2, 0.25) is 5.02 Å². The summed E-state index contributed by atoms with van der Waals surface area (Å²) in [7, 11) is 0. The molecule has 3 aromatic carbocycles. The van der Waals surface area contributed by atoms with Crippen LogP contribution in [0.1, 0.15) is 63.1 Å². The van der Waals surface area contributed by atoms with Crippen molar-refractivity contribution in [3.8, 4) is 0 Å². The highest BCUT2D eigenvalue weighted by Crippen LogP contribution is 2.58. The number of hydrogen-bond donors (Lipinski definition) is 2. The highest BCUT2D eigenvalue weighted by Gasteiger charge is 2.53. The summed E-state index contributed by atoms with van der Waals surface area (Å²) in [5, 5.41) is 12.9. The number of rotatable bonds is 6. The molecule has 1 aliphatic heterocycles. The summed E-state index contributed by atoms with van der Waals surface area (Å²) in [5.74, 6) is -1.46. The molecule has 7 heteroatoms. The van der Waals surface area contributed by atoms with Gasteiger partial charge in [-0.15, -0.1) is 0 Å². The largest absolute Gasteiger partial charge is 0.478 e. The van der Waals surface area contributed by atoms with E-state index in [0.29, 0.717) is 22.7 Å². The van der Waals surface area contributed by atoms with E-state index in [1.54, 1.807) is 30.3 Å². The molecule has 2 N–H and O–H groups in total. The van der Waals surface area contributed by atoms with E-state index in [1.165, 1.54) is 17.7 Å². The molecule has 5 nitrogen and oxygen atoms in total. The van der Waals surface area contributed by atoms with Crippen LogP contribution in [-0.4, -0.2) is 23.5 Å². The first kappa shape index (κ1) is 22.1. The predicted octanol–water partition coefficient (Wildman–Crippen LogP) is 5.65. The fourth-order valence-corrected chi connectivity index (χ4v) is 5.61. The van der Waals surface area contributed by atoms with Crippen LogP contribution in [0.15, 0.2) is 60.7 Å². The first-order valence-electron chi connectivity index (χ1n) is 11.8. The van der Waals surface area contributed by atoms with E-state index in [9.17, 15) is 19.1 Å². The number of carboxylic acid groups (broad SMARTS) is 1. The lowest BCUT2D eigenvalue weighted by molar-refractivity contribution is 0.0696. The molecule has 6 rings (SSSR count). The number of aromatic carboxylic acids is 1. The Labute approximate surface area is 207 Å². The fourth-order valence-electron chi connectivity index (χ4n) is 5.44. The van der Waals surface area contributed by atoms with Crippen LogP contribution in [0, 0.1) is 5.82 Å². The molecule has 0 saturated heterocycles. The third kappa shape index (κ3) is 3.76. The van der Waals surface area contributed by atoms with Crippen molar-refractivity contribution < 1.29 is 19.1 Å². The van der Waals surface area contributed by atoms with Crippen molar-refractivity contribution in [2.75, 3.05) is 11.4 Å². The highest BCUT2D eigenvalue weighted by atomic mass is 35.5. The Kier molecular flexibility index (Phi) is 4.94. The first-order valence-corrected chi connectivity index (χ1v) is 12.2. The third-order valence-electron chi connectivity index (χ3n) is 7.67. The van der Waals surface area contributed by atoms with E-state index in [1.807, 2.05) is 12.1 Å². The second kappa shape index (κ2) is 7.82.